The monoisotopic (exact) mass is 394 g/mol. The van der Waals surface area contributed by atoms with Crippen LogP contribution in [0.15, 0.2) is 23.6 Å². The third-order valence-corrected chi connectivity index (χ3v) is 7.68. The van der Waals surface area contributed by atoms with Crippen LogP contribution in [0.1, 0.15) is 69.0 Å². The highest BCUT2D eigenvalue weighted by Crippen LogP contribution is 2.53. The van der Waals surface area contributed by atoms with Crippen LogP contribution in [0, 0.1) is 12.3 Å². The molecule has 1 aromatic heterocycles. The number of rotatable bonds is 2. The van der Waals surface area contributed by atoms with Crippen molar-refractivity contribution in [1.82, 2.24) is 0 Å². The molecule has 4 heteroatoms. The summed E-state index contributed by atoms with van der Waals surface area (Å²) < 4.78 is 11.4. The molecular formula is C24H26O3S. The standard InChI is InChI=1S/C24H26O3S/c1-7-21(25)27-15-10-20(28-13-15)24(6)14-26-19-12-17-16(11-18(19)24)22(2,3)8-9-23(17,4)5/h1,10-13H,8-9,14H2,2-6H3. The van der Waals surface area contributed by atoms with Gasteiger partial charge >= 0.3 is 5.97 Å². The molecule has 146 valence electrons. The lowest BCUT2D eigenvalue weighted by Crippen LogP contribution is -2.34. The quantitative estimate of drug-likeness (QED) is 0.392. The molecule has 1 unspecified atom stereocenters. The highest BCUT2D eigenvalue weighted by Gasteiger charge is 2.44. The summed E-state index contributed by atoms with van der Waals surface area (Å²) >= 11 is 1.57. The molecule has 2 aliphatic rings. The fourth-order valence-corrected chi connectivity index (χ4v) is 5.42. The van der Waals surface area contributed by atoms with Gasteiger partial charge in [-0.1, -0.05) is 33.8 Å². The first kappa shape index (κ1) is 19.1. The van der Waals surface area contributed by atoms with Crippen LogP contribution in [0.25, 0.3) is 0 Å². The predicted molar refractivity (Wildman–Crippen MR) is 112 cm³/mol. The minimum atomic E-state index is -0.671. The molecule has 1 aliphatic carbocycles. The van der Waals surface area contributed by atoms with Gasteiger partial charge in [0.25, 0.3) is 0 Å². The van der Waals surface area contributed by atoms with Crippen molar-refractivity contribution in [2.45, 2.75) is 63.7 Å². The van der Waals surface area contributed by atoms with Gasteiger partial charge in [0.15, 0.2) is 0 Å². The van der Waals surface area contributed by atoms with Crippen molar-refractivity contribution in [3.05, 3.63) is 45.1 Å². The van der Waals surface area contributed by atoms with Crippen molar-refractivity contribution in [3.63, 3.8) is 0 Å². The maximum absolute atomic E-state index is 11.4. The fraction of sp³-hybridized carbons (Fsp3) is 0.458. The number of thiophene rings is 1. The summed E-state index contributed by atoms with van der Waals surface area (Å²) in [6.07, 6.45) is 7.46. The van der Waals surface area contributed by atoms with E-state index in [2.05, 4.69) is 46.8 Å². The van der Waals surface area contributed by atoms with E-state index >= 15 is 0 Å². The second kappa shape index (κ2) is 6.12. The number of carbonyl (C=O) groups excluding carboxylic acids is 1. The van der Waals surface area contributed by atoms with E-state index in [-0.39, 0.29) is 16.2 Å². The van der Waals surface area contributed by atoms with Gasteiger partial charge in [0, 0.05) is 21.7 Å². The molecule has 28 heavy (non-hydrogen) atoms. The molecule has 0 spiro atoms. The second-order valence-corrected chi connectivity index (χ2v) is 10.4. The van der Waals surface area contributed by atoms with E-state index in [4.69, 9.17) is 15.9 Å². The molecule has 1 aliphatic heterocycles. The van der Waals surface area contributed by atoms with Gasteiger partial charge in [-0.25, -0.2) is 4.79 Å². The summed E-state index contributed by atoms with van der Waals surface area (Å²) in [6.45, 7) is 12.1. The fourth-order valence-electron chi connectivity index (χ4n) is 4.45. The Morgan fingerprint density at radius 3 is 2.36 bits per heavy atom. The summed E-state index contributed by atoms with van der Waals surface area (Å²) in [7, 11) is 0. The van der Waals surface area contributed by atoms with Crippen LogP contribution in [0.2, 0.25) is 0 Å². The lowest BCUT2D eigenvalue weighted by Gasteiger charge is -2.42. The zero-order valence-corrected chi connectivity index (χ0v) is 18.0. The summed E-state index contributed by atoms with van der Waals surface area (Å²) in [4.78, 5) is 12.5. The molecule has 0 bridgehead atoms. The Hall–Kier alpha value is -2.25. The van der Waals surface area contributed by atoms with E-state index in [9.17, 15) is 4.79 Å². The van der Waals surface area contributed by atoms with Crippen molar-refractivity contribution < 1.29 is 14.3 Å². The minimum Gasteiger partial charge on any atom is -0.492 e. The maximum atomic E-state index is 11.4. The SMILES string of the molecule is C#CC(=O)Oc1csc(C2(C)COc3cc4c(cc32)C(C)(C)CCC4(C)C)c1. The Morgan fingerprint density at radius 1 is 1.07 bits per heavy atom. The first-order valence-corrected chi connectivity index (χ1v) is 10.5. The normalized spacial score (nSPS) is 23.9. The van der Waals surface area contributed by atoms with E-state index in [0.29, 0.717) is 12.4 Å². The number of hydrogen-bond acceptors (Lipinski definition) is 4. The summed E-state index contributed by atoms with van der Waals surface area (Å²) in [6, 6.07) is 6.54. The van der Waals surface area contributed by atoms with Gasteiger partial charge < -0.3 is 9.47 Å². The van der Waals surface area contributed by atoms with Gasteiger partial charge in [0.1, 0.15) is 18.1 Å². The summed E-state index contributed by atoms with van der Waals surface area (Å²) in [5.41, 5.74) is 4.08. The highest BCUT2D eigenvalue weighted by molar-refractivity contribution is 7.10. The Bertz CT molecular complexity index is 1010. The largest absolute Gasteiger partial charge is 0.492 e. The Morgan fingerprint density at radius 2 is 1.71 bits per heavy atom. The van der Waals surface area contributed by atoms with Gasteiger partial charge in [-0.05, 0) is 53.9 Å². The number of fused-ring (bicyclic) bond motifs is 2. The maximum Gasteiger partial charge on any atom is 0.389 e. The Kier molecular flexibility index (Phi) is 4.17. The van der Waals surface area contributed by atoms with Crippen LogP contribution < -0.4 is 9.47 Å². The molecule has 4 rings (SSSR count). The van der Waals surface area contributed by atoms with Crippen LogP contribution in [0.3, 0.4) is 0 Å². The van der Waals surface area contributed by atoms with Crippen LogP contribution in [0.5, 0.6) is 11.5 Å². The predicted octanol–water partition coefficient (Wildman–Crippen LogP) is 5.33. The molecule has 1 aromatic carbocycles. The van der Waals surface area contributed by atoms with Crippen molar-refractivity contribution in [2.75, 3.05) is 6.61 Å². The second-order valence-electron chi connectivity index (χ2n) is 9.46. The van der Waals surface area contributed by atoms with Crippen molar-refractivity contribution in [3.8, 4) is 23.8 Å². The lowest BCUT2D eigenvalue weighted by atomic mass is 9.62. The van der Waals surface area contributed by atoms with Crippen LogP contribution >= 0.6 is 11.3 Å². The van der Waals surface area contributed by atoms with Crippen molar-refractivity contribution >= 4 is 17.3 Å². The number of ether oxygens (including phenoxy) is 2. The molecule has 1 atom stereocenters. The smallest absolute Gasteiger partial charge is 0.389 e. The number of benzene rings is 1. The zero-order valence-electron chi connectivity index (χ0n) is 17.1. The van der Waals surface area contributed by atoms with Crippen molar-refractivity contribution in [1.29, 1.82) is 0 Å². The topological polar surface area (TPSA) is 35.5 Å². The molecule has 0 N–H and O–H groups in total. The minimum absolute atomic E-state index is 0.145. The van der Waals surface area contributed by atoms with Gasteiger partial charge in [-0.3, -0.25) is 0 Å². The summed E-state index contributed by atoms with van der Waals surface area (Å²) in [5.74, 6) is 2.79. The number of carbonyl (C=O) groups is 1. The van der Waals surface area contributed by atoms with Crippen molar-refractivity contribution in [2.24, 2.45) is 0 Å². The third kappa shape index (κ3) is 2.84. The number of esters is 1. The molecular weight excluding hydrogens is 368 g/mol. The molecule has 0 saturated heterocycles. The van der Waals surface area contributed by atoms with Crippen LogP contribution in [0.4, 0.5) is 0 Å². The lowest BCUT2D eigenvalue weighted by molar-refractivity contribution is -0.127. The van der Waals surface area contributed by atoms with E-state index in [1.807, 2.05) is 17.4 Å². The average molecular weight is 395 g/mol. The van der Waals surface area contributed by atoms with Gasteiger partial charge in [-0.15, -0.1) is 17.8 Å². The first-order valence-electron chi connectivity index (χ1n) is 9.67. The van der Waals surface area contributed by atoms with Gasteiger partial charge in [0.05, 0.1) is 5.41 Å². The van der Waals surface area contributed by atoms with E-state index in [1.54, 1.807) is 11.3 Å². The van der Waals surface area contributed by atoms with Gasteiger partial charge in [-0.2, -0.15) is 0 Å². The van der Waals surface area contributed by atoms with Crippen LogP contribution in [-0.4, -0.2) is 12.6 Å². The summed E-state index contributed by atoms with van der Waals surface area (Å²) in [5, 5.41) is 1.83. The van der Waals surface area contributed by atoms with Gasteiger partial charge in [0.2, 0.25) is 0 Å². The number of hydrogen-bond donors (Lipinski definition) is 0. The molecule has 0 fully saturated rings. The number of terminal acetylenes is 1. The third-order valence-electron chi connectivity index (χ3n) is 6.51. The Balaban J connectivity index is 1.79. The Labute approximate surface area is 171 Å². The molecule has 0 amide bonds. The molecule has 0 radical (unpaired) electrons. The average Bonchev–Trinajstić information content (AvgIpc) is 3.24. The molecule has 0 saturated carbocycles. The molecule has 3 nitrogen and oxygen atoms in total. The highest BCUT2D eigenvalue weighted by atomic mass is 32.1. The van der Waals surface area contributed by atoms with Crippen LogP contribution in [-0.2, 0) is 21.0 Å². The van der Waals surface area contributed by atoms with E-state index in [0.717, 1.165) is 10.6 Å². The first-order chi connectivity index (χ1) is 13.1. The molecule has 2 heterocycles. The molecule has 2 aromatic rings. The zero-order chi connectivity index (χ0) is 20.3. The van der Waals surface area contributed by atoms with E-state index in [1.165, 1.54) is 29.5 Å². The van der Waals surface area contributed by atoms with E-state index < -0.39 is 5.97 Å².